The molecule has 0 unspecified atom stereocenters. The molecule has 2 aromatic heterocycles. The van der Waals surface area contributed by atoms with Crippen LogP contribution in [0.2, 0.25) is 0 Å². The van der Waals surface area contributed by atoms with Gasteiger partial charge < -0.3 is 9.13 Å². The first-order valence-corrected chi connectivity index (χ1v) is 6.37. The maximum atomic E-state index is 12.0. The quantitative estimate of drug-likeness (QED) is 0.482. The van der Waals surface area contributed by atoms with E-state index in [0.717, 1.165) is 6.20 Å². The number of carbonyl (C=O) groups excluding carboxylic acids is 1. The summed E-state index contributed by atoms with van der Waals surface area (Å²) >= 11 is 2.96. The molecule has 7 nitrogen and oxygen atoms in total. The van der Waals surface area contributed by atoms with E-state index in [4.69, 9.17) is 0 Å². The SMILES string of the molecule is Cn1ccc(C(=O)Cn2cc(Br)c(=O)c([N+](=O)[O-])c2)c1. The number of nitrogens with zero attached hydrogens (tertiary/aromatic N) is 3. The van der Waals surface area contributed by atoms with Gasteiger partial charge in [-0.05, 0) is 22.0 Å². The highest BCUT2D eigenvalue weighted by atomic mass is 79.9. The van der Waals surface area contributed by atoms with Crippen molar-refractivity contribution in [3.63, 3.8) is 0 Å². The van der Waals surface area contributed by atoms with Gasteiger partial charge in [0.05, 0.1) is 22.1 Å². The summed E-state index contributed by atoms with van der Waals surface area (Å²) in [4.78, 5) is 33.5. The predicted molar refractivity (Wildman–Crippen MR) is 74.8 cm³/mol. The Balaban J connectivity index is 2.32. The van der Waals surface area contributed by atoms with E-state index in [9.17, 15) is 19.7 Å². The number of ketones is 1. The van der Waals surface area contributed by atoms with Gasteiger partial charge in [-0.2, -0.15) is 0 Å². The van der Waals surface area contributed by atoms with E-state index in [2.05, 4.69) is 15.9 Å². The van der Waals surface area contributed by atoms with Gasteiger partial charge in [0.1, 0.15) is 0 Å². The van der Waals surface area contributed by atoms with Crippen LogP contribution in [0.1, 0.15) is 10.4 Å². The van der Waals surface area contributed by atoms with Crippen LogP contribution in [0.5, 0.6) is 0 Å². The van der Waals surface area contributed by atoms with Gasteiger partial charge in [-0.3, -0.25) is 19.7 Å². The summed E-state index contributed by atoms with van der Waals surface area (Å²) in [6.07, 6.45) is 5.81. The first-order chi connectivity index (χ1) is 9.38. The van der Waals surface area contributed by atoms with E-state index in [0.29, 0.717) is 5.56 Å². The first kappa shape index (κ1) is 14.2. The molecule has 0 bridgehead atoms. The van der Waals surface area contributed by atoms with E-state index >= 15 is 0 Å². The van der Waals surface area contributed by atoms with Crippen LogP contribution in [0.3, 0.4) is 0 Å². The normalized spacial score (nSPS) is 10.5. The number of carbonyl (C=O) groups is 1. The molecule has 8 heteroatoms. The van der Waals surface area contributed by atoms with Gasteiger partial charge in [-0.1, -0.05) is 0 Å². The van der Waals surface area contributed by atoms with Gasteiger partial charge in [-0.25, -0.2) is 0 Å². The zero-order valence-corrected chi connectivity index (χ0v) is 12.0. The third-order valence-electron chi connectivity index (χ3n) is 2.69. The van der Waals surface area contributed by atoms with E-state index in [-0.39, 0.29) is 16.8 Å². The van der Waals surface area contributed by atoms with Gasteiger partial charge in [0, 0.05) is 31.2 Å². The highest BCUT2D eigenvalue weighted by Gasteiger charge is 2.17. The molecule has 0 saturated heterocycles. The number of nitro groups is 1. The first-order valence-electron chi connectivity index (χ1n) is 5.57. The molecule has 2 aromatic rings. The molecule has 0 aliphatic carbocycles. The lowest BCUT2D eigenvalue weighted by Crippen LogP contribution is -2.16. The molecule has 0 aromatic carbocycles. The van der Waals surface area contributed by atoms with E-state index < -0.39 is 16.0 Å². The zero-order valence-electron chi connectivity index (χ0n) is 10.4. The van der Waals surface area contributed by atoms with Crippen LogP contribution in [-0.4, -0.2) is 19.8 Å². The van der Waals surface area contributed by atoms with Crippen molar-refractivity contribution in [1.82, 2.24) is 9.13 Å². The van der Waals surface area contributed by atoms with Gasteiger partial charge in [0.15, 0.2) is 5.78 Å². The Hall–Kier alpha value is -2.22. The molecule has 0 aliphatic rings. The van der Waals surface area contributed by atoms with Crippen molar-refractivity contribution in [3.8, 4) is 0 Å². The molecule has 104 valence electrons. The minimum absolute atomic E-state index is 0.0487. The molecule has 20 heavy (non-hydrogen) atoms. The average Bonchev–Trinajstić information content (AvgIpc) is 2.80. The molecule has 2 heterocycles. The summed E-state index contributed by atoms with van der Waals surface area (Å²) in [5, 5.41) is 10.8. The van der Waals surface area contributed by atoms with Gasteiger partial charge in [0.2, 0.25) is 0 Å². The maximum Gasteiger partial charge on any atom is 0.333 e. The number of hydrogen-bond donors (Lipinski definition) is 0. The van der Waals surface area contributed by atoms with Crippen molar-refractivity contribution in [3.05, 3.63) is 61.2 Å². The molecule has 2 rings (SSSR count). The molecule has 0 radical (unpaired) electrons. The third-order valence-corrected chi connectivity index (χ3v) is 3.26. The number of halogens is 1. The van der Waals surface area contributed by atoms with Crippen molar-refractivity contribution >= 4 is 27.4 Å². The van der Waals surface area contributed by atoms with Crippen LogP contribution >= 0.6 is 15.9 Å². The van der Waals surface area contributed by atoms with E-state index in [1.54, 1.807) is 30.1 Å². The molecular formula is C12H10BrN3O4. The second kappa shape index (κ2) is 5.41. The van der Waals surface area contributed by atoms with E-state index in [1.807, 2.05) is 0 Å². The van der Waals surface area contributed by atoms with Crippen LogP contribution in [0.25, 0.3) is 0 Å². The van der Waals surface area contributed by atoms with Crippen LogP contribution in [-0.2, 0) is 13.6 Å². The second-order valence-corrected chi connectivity index (χ2v) is 5.09. The summed E-state index contributed by atoms with van der Waals surface area (Å²) in [7, 11) is 1.79. The fourth-order valence-electron chi connectivity index (χ4n) is 1.73. The van der Waals surface area contributed by atoms with Crippen LogP contribution < -0.4 is 5.43 Å². The summed E-state index contributed by atoms with van der Waals surface area (Å²) in [6, 6.07) is 1.66. The highest BCUT2D eigenvalue weighted by molar-refractivity contribution is 9.10. The molecule has 0 fully saturated rings. The van der Waals surface area contributed by atoms with Crippen LogP contribution in [0, 0.1) is 10.1 Å². The third kappa shape index (κ3) is 2.85. The van der Waals surface area contributed by atoms with Crippen molar-refractivity contribution in [2.75, 3.05) is 0 Å². The largest absolute Gasteiger partial charge is 0.357 e. The lowest BCUT2D eigenvalue weighted by atomic mass is 10.2. The molecule has 0 aliphatic heterocycles. The molecular weight excluding hydrogens is 330 g/mol. The minimum atomic E-state index is -0.767. The summed E-state index contributed by atoms with van der Waals surface area (Å²) in [5.41, 5.74) is -0.774. The van der Waals surface area contributed by atoms with Crippen LogP contribution in [0.4, 0.5) is 5.69 Å². The highest BCUT2D eigenvalue weighted by Crippen LogP contribution is 2.12. The molecule has 0 amide bonds. The van der Waals surface area contributed by atoms with Crippen molar-refractivity contribution in [2.24, 2.45) is 7.05 Å². The second-order valence-electron chi connectivity index (χ2n) is 4.24. The summed E-state index contributed by atoms with van der Waals surface area (Å²) in [5.74, 6) is -0.199. The monoisotopic (exact) mass is 339 g/mol. The number of Topliss-reactive ketones (excluding diaryl/α,β-unsaturated/α-hetero) is 1. The van der Waals surface area contributed by atoms with E-state index in [1.165, 1.54) is 10.8 Å². The maximum absolute atomic E-state index is 12.0. The predicted octanol–water partition coefficient (Wildman–Crippen LogP) is 1.74. The standard InChI is InChI=1S/C12H10BrN3O4/c1-14-3-2-8(4-14)11(17)7-15-5-9(13)12(18)10(6-15)16(19)20/h2-6H,7H2,1H3. The number of aryl methyl sites for hydroxylation is 1. The molecule has 0 atom stereocenters. The van der Waals surface area contributed by atoms with Crippen molar-refractivity contribution < 1.29 is 9.72 Å². The minimum Gasteiger partial charge on any atom is -0.357 e. The van der Waals surface area contributed by atoms with Crippen molar-refractivity contribution in [1.29, 1.82) is 0 Å². The molecule has 0 spiro atoms. The van der Waals surface area contributed by atoms with Gasteiger partial charge in [0.25, 0.3) is 5.43 Å². The van der Waals surface area contributed by atoms with Crippen molar-refractivity contribution in [2.45, 2.75) is 6.54 Å². The van der Waals surface area contributed by atoms with Gasteiger partial charge >= 0.3 is 5.69 Å². The lowest BCUT2D eigenvalue weighted by molar-refractivity contribution is -0.386. The summed E-state index contributed by atoms with van der Waals surface area (Å²) < 4.78 is 3.10. The zero-order chi connectivity index (χ0) is 14.9. The smallest absolute Gasteiger partial charge is 0.333 e. The number of pyridine rings is 1. The Labute approximate surface area is 121 Å². The Morgan fingerprint density at radius 2 is 2.10 bits per heavy atom. The number of aromatic nitrogens is 2. The fourth-order valence-corrected chi connectivity index (χ4v) is 2.19. The van der Waals surface area contributed by atoms with Crippen LogP contribution in [0.15, 0.2) is 40.1 Å². The van der Waals surface area contributed by atoms with Gasteiger partial charge in [-0.15, -0.1) is 0 Å². The fraction of sp³-hybridized carbons (Fsp3) is 0.167. The number of rotatable bonds is 4. The lowest BCUT2D eigenvalue weighted by Gasteiger charge is -2.05. The average molecular weight is 340 g/mol. The number of hydrogen-bond acceptors (Lipinski definition) is 4. The Morgan fingerprint density at radius 1 is 1.40 bits per heavy atom. The topological polar surface area (TPSA) is 87.1 Å². The molecule has 0 saturated carbocycles. The Kier molecular flexibility index (Phi) is 3.84. The summed E-state index contributed by atoms with van der Waals surface area (Å²) in [6.45, 7) is -0.0796. The molecule has 0 N–H and O–H groups in total. The Morgan fingerprint density at radius 3 is 2.65 bits per heavy atom. The Bertz CT molecular complexity index is 747.